The van der Waals surface area contributed by atoms with Gasteiger partial charge in [0.25, 0.3) is 11.5 Å². The number of hydrogen-bond acceptors (Lipinski definition) is 3. The molecule has 0 saturated carbocycles. The van der Waals surface area contributed by atoms with Gasteiger partial charge in [0.2, 0.25) is 0 Å². The highest BCUT2D eigenvalue weighted by atomic mass is 35.5. The molecule has 2 aromatic carbocycles. The van der Waals surface area contributed by atoms with Gasteiger partial charge in [0.1, 0.15) is 11.5 Å². The SMILES string of the molecule is O=C(O)CC(NC(=O)c1cc(=O)n(-c2ccc(Cl)cc2)[nH]1)c1cccc(Cl)c1F. The van der Waals surface area contributed by atoms with E-state index in [2.05, 4.69) is 10.4 Å². The molecule has 7 nitrogen and oxygen atoms in total. The number of aliphatic carboxylic acids is 1. The van der Waals surface area contributed by atoms with Gasteiger partial charge in [-0.15, -0.1) is 0 Å². The first-order valence-corrected chi connectivity index (χ1v) is 9.06. The van der Waals surface area contributed by atoms with Crippen LogP contribution in [0.25, 0.3) is 5.69 Å². The molecule has 0 fully saturated rings. The van der Waals surface area contributed by atoms with E-state index in [0.717, 1.165) is 10.7 Å². The number of halogens is 3. The molecule has 0 saturated heterocycles. The maximum absolute atomic E-state index is 14.3. The molecule has 1 aromatic heterocycles. The fourth-order valence-corrected chi connectivity index (χ4v) is 3.04. The van der Waals surface area contributed by atoms with E-state index in [1.807, 2.05) is 0 Å². The molecule has 0 spiro atoms. The van der Waals surface area contributed by atoms with Gasteiger partial charge in [-0.1, -0.05) is 35.3 Å². The second-order valence-corrected chi connectivity index (χ2v) is 6.93. The third-order valence-electron chi connectivity index (χ3n) is 4.09. The number of amides is 1. The van der Waals surface area contributed by atoms with Crippen molar-refractivity contribution in [2.24, 2.45) is 0 Å². The standard InChI is InChI=1S/C19H14Cl2FN3O4/c20-10-4-6-11(7-5-10)25-16(26)8-15(24-25)19(29)23-14(9-17(27)28)12-2-1-3-13(21)18(12)22/h1-8,14,24H,9H2,(H,23,29)(H,27,28). The van der Waals surface area contributed by atoms with Gasteiger partial charge >= 0.3 is 5.97 Å². The van der Waals surface area contributed by atoms with Gasteiger partial charge in [0.05, 0.1) is 23.2 Å². The average molecular weight is 438 g/mol. The number of hydrogen-bond donors (Lipinski definition) is 3. The molecule has 29 heavy (non-hydrogen) atoms. The van der Waals surface area contributed by atoms with Crippen LogP contribution < -0.4 is 10.9 Å². The predicted molar refractivity (Wildman–Crippen MR) is 105 cm³/mol. The normalized spacial score (nSPS) is 11.8. The summed E-state index contributed by atoms with van der Waals surface area (Å²) in [6.07, 6.45) is -0.578. The quantitative estimate of drug-likeness (QED) is 0.548. The summed E-state index contributed by atoms with van der Waals surface area (Å²) in [6.45, 7) is 0. The van der Waals surface area contributed by atoms with Crippen LogP contribution in [0.4, 0.5) is 4.39 Å². The highest BCUT2D eigenvalue weighted by Crippen LogP contribution is 2.25. The Kier molecular flexibility index (Phi) is 6.05. The predicted octanol–water partition coefficient (Wildman–Crippen LogP) is 3.56. The molecule has 3 aromatic rings. The minimum atomic E-state index is -1.25. The molecular formula is C19H14Cl2FN3O4. The zero-order chi connectivity index (χ0) is 21.1. The maximum Gasteiger partial charge on any atom is 0.305 e. The number of H-pyrrole nitrogens is 1. The Hall–Kier alpha value is -3.10. The summed E-state index contributed by atoms with van der Waals surface area (Å²) in [5, 5.41) is 14.5. The van der Waals surface area contributed by atoms with Gasteiger partial charge < -0.3 is 10.4 Å². The molecule has 0 bridgehead atoms. The Labute approximate surface area is 173 Å². The number of carbonyl (C=O) groups excluding carboxylic acids is 1. The van der Waals surface area contributed by atoms with Crippen molar-refractivity contribution in [1.29, 1.82) is 0 Å². The first-order chi connectivity index (χ1) is 13.8. The highest BCUT2D eigenvalue weighted by Gasteiger charge is 2.24. The second-order valence-electron chi connectivity index (χ2n) is 6.09. The Morgan fingerprint density at radius 2 is 1.86 bits per heavy atom. The Balaban J connectivity index is 1.89. The number of rotatable bonds is 6. The van der Waals surface area contributed by atoms with Crippen molar-refractivity contribution in [2.45, 2.75) is 12.5 Å². The van der Waals surface area contributed by atoms with Crippen LogP contribution in [0.1, 0.15) is 28.5 Å². The lowest BCUT2D eigenvalue weighted by atomic mass is 10.0. The van der Waals surface area contributed by atoms with Crippen molar-refractivity contribution in [3.8, 4) is 5.69 Å². The smallest absolute Gasteiger partial charge is 0.305 e. The number of aromatic amines is 1. The van der Waals surface area contributed by atoms with Gasteiger partial charge in [-0.3, -0.25) is 19.5 Å². The minimum absolute atomic E-state index is 0.0762. The maximum atomic E-state index is 14.3. The van der Waals surface area contributed by atoms with Crippen LogP contribution >= 0.6 is 23.2 Å². The van der Waals surface area contributed by atoms with Gasteiger partial charge in [-0.25, -0.2) is 9.07 Å². The number of carboxylic acids is 1. The largest absolute Gasteiger partial charge is 0.481 e. The van der Waals surface area contributed by atoms with E-state index < -0.39 is 35.7 Å². The summed E-state index contributed by atoms with van der Waals surface area (Å²) in [5.74, 6) is -2.85. The van der Waals surface area contributed by atoms with Crippen LogP contribution in [-0.4, -0.2) is 26.8 Å². The van der Waals surface area contributed by atoms with E-state index in [0.29, 0.717) is 10.7 Å². The summed E-state index contributed by atoms with van der Waals surface area (Å²) in [7, 11) is 0. The molecule has 1 unspecified atom stereocenters. The number of benzene rings is 2. The molecule has 10 heteroatoms. The number of nitrogens with zero attached hydrogens (tertiary/aromatic N) is 1. The van der Waals surface area contributed by atoms with Crippen LogP contribution in [0.2, 0.25) is 10.0 Å². The molecule has 1 heterocycles. The van der Waals surface area contributed by atoms with E-state index in [1.54, 1.807) is 24.3 Å². The van der Waals surface area contributed by atoms with Crippen molar-refractivity contribution in [3.05, 3.63) is 86.0 Å². The van der Waals surface area contributed by atoms with Crippen molar-refractivity contribution >= 4 is 35.1 Å². The molecule has 0 aliphatic carbocycles. The van der Waals surface area contributed by atoms with E-state index >= 15 is 0 Å². The van der Waals surface area contributed by atoms with E-state index in [1.165, 1.54) is 18.2 Å². The first-order valence-electron chi connectivity index (χ1n) is 8.31. The van der Waals surface area contributed by atoms with Gasteiger partial charge in [-0.05, 0) is 30.3 Å². The minimum Gasteiger partial charge on any atom is -0.481 e. The van der Waals surface area contributed by atoms with Crippen LogP contribution in [0.15, 0.2) is 53.3 Å². The van der Waals surface area contributed by atoms with Gasteiger partial charge in [0.15, 0.2) is 0 Å². The molecule has 0 aliphatic heterocycles. The van der Waals surface area contributed by atoms with E-state index in [-0.39, 0.29) is 16.3 Å². The summed E-state index contributed by atoms with van der Waals surface area (Å²) in [5.41, 5.74) is -0.266. The summed E-state index contributed by atoms with van der Waals surface area (Å²) in [4.78, 5) is 36.0. The lowest BCUT2D eigenvalue weighted by molar-refractivity contribution is -0.137. The topological polar surface area (TPSA) is 104 Å². The fraction of sp³-hybridized carbons (Fsp3) is 0.105. The van der Waals surface area contributed by atoms with Crippen molar-refractivity contribution in [2.75, 3.05) is 0 Å². The molecule has 0 aliphatic rings. The zero-order valence-electron chi connectivity index (χ0n) is 14.7. The molecular weight excluding hydrogens is 424 g/mol. The Morgan fingerprint density at radius 3 is 2.52 bits per heavy atom. The highest BCUT2D eigenvalue weighted by molar-refractivity contribution is 6.31. The van der Waals surface area contributed by atoms with Crippen molar-refractivity contribution < 1.29 is 19.1 Å². The number of carboxylic acid groups (broad SMARTS) is 1. The Morgan fingerprint density at radius 1 is 1.17 bits per heavy atom. The molecule has 3 rings (SSSR count). The van der Waals surface area contributed by atoms with E-state index in [4.69, 9.17) is 28.3 Å². The van der Waals surface area contributed by atoms with E-state index in [9.17, 15) is 18.8 Å². The summed E-state index contributed by atoms with van der Waals surface area (Å²) >= 11 is 11.6. The third kappa shape index (κ3) is 4.67. The average Bonchev–Trinajstić information content (AvgIpc) is 3.05. The lowest BCUT2D eigenvalue weighted by Gasteiger charge is -2.18. The number of aromatic nitrogens is 2. The molecule has 1 atom stereocenters. The van der Waals surface area contributed by atoms with Crippen molar-refractivity contribution in [3.63, 3.8) is 0 Å². The summed E-state index contributed by atoms with van der Waals surface area (Å²) < 4.78 is 15.5. The van der Waals surface area contributed by atoms with Crippen LogP contribution in [0.5, 0.6) is 0 Å². The van der Waals surface area contributed by atoms with Gasteiger partial charge in [0, 0.05) is 16.7 Å². The van der Waals surface area contributed by atoms with Crippen LogP contribution in [0, 0.1) is 5.82 Å². The van der Waals surface area contributed by atoms with Gasteiger partial charge in [-0.2, -0.15) is 0 Å². The second kappa shape index (κ2) is 8.50. The molecule has 150 valence electrons. The number of nitrogens with one attached hydrogen (secondary N) is 2. The third-order valence-corrected chi connectivity index (χ3v) is 4.63. The molecule has 1 amide bonds. The van der Waals surface area contributed by atoms with Crippen molar-refractivity contribution in [1.82, 2.24) is 15.1 Å². The van der Waals surface area contributed by atoms with Crippen LogP contribution in [0.3, 0.4) is 0 Å². The number of carbonyl (C=O) groups is 2. The fourth-order valence-electron chi connectivity index (χ4n) is 2.73. The first kappa shape index (κ1) is 20.6. The van der Waals surface area contributed by atoms with Crippen LogP contribution in [-0.2, 0) is 4.79 Å². The molecule has 0 radical (unpaired) electrons. The zero-order valence-corrected chi connectivity index (χ0v) is 16.2. The lowest BCUT2D eigenvalue weighted by Crippen LogP contribution is -2.31. The summed E-state index contributed by atoms with van der Waals surface area (Å²) in [6, 6.07) is 10.3. The molecule has 3 N–H and O–H groups in total. The Bertz CT molecular complexity index is 1130. The monoisotopic (exact) mass is 437 g/mol.